The zero-order valence-electron chi connectivity index (χ0n) is 19.4. The fourth-order valence-electron chi connectivity index (χ4n) is 9.53. The molecule has 6 rings (SSSR count). The summed E-state index contributed by atoms with van der Waals surface area (Å²) in [6, 6.07) is 0. The Balaban J connectivity index is 1.20. The maximum atomic E-state index is 13.4. The molecule has 10 atom stereocenters. The predicted octanol–water partition coefficient (Wildman–Crippen LogP) is 3.14. The molecule has 5 saturated carbocycles. The van der Waals surface area contributed by atoms with Gasteiger partial charge in [0.1, 0.15) is 5.78 Å². The van der Waals surface area contributed by atoms with Crippen LogP contribution in [0.4, 0.5) is 0 Å². The smallest absolute Gasteiger partial charge is 0.150 e. The van der Waals surface area contributed by atoms with Crippen LogP contribution in [-0.2, 0) is 14.3 Å². The van der Waals surface area contributed by atoms with Crippen LogP contribution in [-0.4, -0.2) is 67.5 Å². The van der Waals surface area contributed by atoms with E-state index in [-0.39, 0.29) is 16.9 Å². The maximum Gasteiger partial charge on any atom is 0.150 e. The van der Waals surface area contributed by atoms with Crippen molar-refractivity contribution in [2.45, 2.75) is 70.0 Å². The van der Waals surface area contributed by atoms with Crippen LogP contribution in [0.3, 0.4) is 0 Å². The third kappa shape index (κ3) is 3.20. The van der Waals surface area contributed by atoms with E-state index in [1.165, 1.54) is 25.7 Å². The molecule has 0 spiro atoms. The fraction of sp³-hybridized carbons (Fsp3) is 0.962. The summed E-state index contributed by atoms with van der Waals surface area (Å²) < 4.78 is 11.6. The van der Waals surface area contributed by atoms with Crippen LogP contribution in [0, 0.1) is 46.8 Å². The molecule has 1 heterocycles. The second-order valence-electron chi connectivity index (χ2n) is 12.2. The van der Waals surface area contributed by atoms with E-state index in [9.17, 15) is 9.90 Å². The molecule has 31 heavy (non-hydrogen) atoms. The number of morpholine rings is 1. The van der Waals surface area contributed by atoms with Crippen molar-refractivity contribution in [2.75, 3.05) is 40.0 Å². The number of hydrogen-bond acceptors (Lipinski definition) is 5. The molecule has 5 heteroatoms. The Hall–Kier alpha value is -0.490. The molecule has 5 aliphatic carbocycles. The molecule has 1 N–H and O–H groups in total. The average molecular weight is 432 g/mol. The van der Waals surface area contributed by atoms with Gasteiger partial charge in [0.25, 0.3) is 0 Å². The largest absolute Gasteiger partial charge is 0.390 e. The van der Waals surface area contributed by atoms with E-state index in [4.69, 9.17) is 9.47 Å². The van der Waals surface area contributed by atoms with E-state index >= 15 is 0 Å². The maximum absolute atomic E-state index is 13.4. The molecule has 0 aromatic carbocycles. The summed E-state index contributed by atoms with van der Waals surface area (Å²) in [6.45, 7) is 6.40. The minimum absolute atomic E-state index is 0.171. The number of ketones is 1. The first kappa shape index (κ1) is 21.1. The van der Waals surface area contributed by atoms with Crippen molar-refractivity contribution in [3.8, 4) is 0 Å². The molecule has 174 valence electrons. The van der Waals surface area contributed by atoms with E-state index < -0.39 is 0 Å². The summed E-state index contributed by atoms with van der Waals surface area (Å²) in [5, 5.41) is 10.8. The molecule has 0 radical (unpaired) electrons. The minimum atomic E-state index is -0.363. The predicted molar refractivity (Wildman–Crippen MR) is 117 cm³/mol. The quantitative estimate of drug-likeness (QED) is 0.741. The Morgan fingerprint density at radius 1 is 1.06 bits per heavy atom. The second-order valence-corrected chi connectivity index (χ2v) is 12.2. The van der Waals surface area contributed by atoms with Crippen LogP contribution in [0.5, 0.6) is 0 Å². The van der Waals surface area contributed by atoms with Crippen molar-refractivity contribution >= 4 is 5.78 Å². The number of nitrogens with zero attached hydrogens (tertiary/aromatic N) is 1. The molecule has 0 aromatic heterocycles. The highest BCUT2D eigenvalue weighted by Crippen LogP contribution is 2.69. The molecule has 6 fully saturated rings. The van der Waals surface area contributed by atoms with Crippen LogP contribution >= 0.6 is 0 Å². The number of ether oxygens (including phenoxy) is 2. The van der Waals surface area contributed by atoms with Gasteiger partial charge in [-0.25, -0.2) is 0 Å². The first-order valence-corrected chi connectivity index (χ1v) is 13.0. The summed E-state index contributed by atoms with van der Waals surface area (Å²) >= 11 is 0. The van der Waals surface area contributed by atoms with Gasteiger partial charge in [0.2, 0.25) is 0 Å². The molecule has 0 bridgehead atoms. The van der Waals surface area contributed by atoms with Gasteiger partial charge >= 0.3 is 0 Å². The lowest BCUT2D eigenvalue weighted by Gasteiger charge is -2.57. The number of carbonyl (C=O) groups is 1. The Bertz CT molecular complexity index is 722. The van der Waals surface area contributed by atoms with Gasteiger partial charge < -0.3 is 14.6 Å². The summed E-state index contributed by atoms with van der Waals surface area (Å²) in [6.07, 6.45) is 9.44. The van der Waals surface area contributed by atoms with Gasteiger partial charge in [-0.15, -0.1) is 0 Å². The second kappa shape index (κ2) is 7.51. The molecular weight excluding hydrogens is 390 g/mol. The van der Waals surface area contributed by atoms with Crippen LogP contribution in [0.15, 0.2) is 0 Å². The SMILES string of the molecule is CO[C@@H]1C[C@@H]2[C@H](CC[C@]3(C)[C@@H](C(=O)CN4CCOCC4)CC[C@@H]23)[C@H]2CC[C@]3(O)CC3[C@H]21. The standard InChI is InChI=1S/C26H41NO4/c1-25-7-5-16-17-6-8-26(29)14-21(26)24(17)23(30-2)13-18(16)19(25)3-4-20(25)22(28)15-27-9-11-31-12-10-27/h16-21,23-24,29H,3-15H2,1-2H3/t16-,17-,18-,19+,20-,21?,23-,24+,25+,26+/m1/s1. The highest BCUT2D eigenvalue weighted by Gasteiger charge is 2.67. The van der Waals surface area contributed by atoms with Crippen molar-refractivity contribution in [3.63, 3.8) is 0 Å². The Labute approximate surface area is 187 Å². The van der Waals surface area contributed by atoms with Gasteiger partial charge in [-0.2, -0.15) is 0 Å². The number of carbonyl (C=O) groups excluding carboxylic acids is 1. The first-order chi connectivity index (χ1) is 14.9. The van der Waals surface area contributed by atoms with Gasteiger partial charge in [0.05, 0.1) is 31.5 Å². The monoisotopic (exact) mass is 431 g/mol. The highest BCUT2D eigenvalue weighted by atomic mass is 16.5. The van der Waals surface area contributed by atoms with Crippen LogP contribution < -0.4 is 0 Å². The zero-order chi connectivity index (χ0) is 21.4. The van der Waals surface area contributed by atoms with Crippen molar-refractivity contribution in [2.24, 2.45) is 46.8 Å². The number of methoxy groups -OCH3 is 1. The molecular formula is C26H41NO4. The summed E-state index contributed by atoms with van der Waals surface area (Å²) in [5.41, 5.74) is -0.191. The molecule has 6 aliphatic rings. The normalized spacial score (nSPS) is 53.8. The third-order valence-electron chi connectivity index (χ3n) is 11.1. The Kier molecular flexibility index (Phi) is 5.11. The number of hydrogen-bond donors (Lipinski definition) is 1. The fourth-order valence-corrected chi connectivity index (χ4v) is 9.53. The molecule has 1 saturated heterocycles. The third-order valence-corrected chi connectivity index (χ3v) is 11.1. The number of aliphatic hydroxyl groups is 1. The minimum Gasteiger partial charge on any atom is -0.390 e. The van der Waals surface area contributed by atoms with Gasteiger partial charge in [0.15, 0.2) is 0 Å². The van der Waals surface area contributed by atoms with E-state index in [0.717, 1.165) is 63.8 Å². The topological polar surface area (TPSA) is 59.0 Å². The van der Waals surface area contributed by atoms with Gasteiger partial charge in [-0.1, -0.05) is 6.92 Å². The van der Waals surface area contributed by atoms with Crippen LogP contribution in [0.25, 0.3) is 0 Å². The first-order valence-electron chi connectivity index (χ1n) is 13.0. The lowest BCUT2D eigenvalue weighted by atomic mass is 9.49. The molecule has 1 unspecified atom stereocenters. The zero-order valence-corrected chi connectivity index (χ0v) is 19.4. The number of fused-ring (bicyclic) bond motifs is 7. The number of Topliss-reactive ketones (excluding diaryl/α,β-unsaturated/α-hetero) is 1. The molecule has 0 amide bonds. The van der Waals surface area contributed by atoms with E-state index in [0.29, 0.717) is 42.1 Å². The van der Waals surface area contributed by atoms with Gasteiger partial charge in [-0.05, 0) is 92.3 Å². The summed E-state index contributed by atoms with van der Waals surface area (Å²) in [4.78, 5) is 15.7. The van der Waals surface area contributed by atoms with Crippen LogP contribution in [0.2, 0.25) is 0 Å². The van der Waals surface area contributed by atoms with Crippen molar-refractivity contribution in [1.29, 1.82) is 0 Å². The van der Waals surface area contributed by atoms with Gasteiger partial charge in [-0.3, -0.25) is 9.69 Å². The average Bonchev–Trinajstić information content (AvgIpc) is 3.34. The molecule has 0 aromatic rings. The lowest BCUT2D eigenvalue weighted by Crippen LogP contribution is -2.55. The van der Waals surface area contributed by atoms with Crippen LogP contribution in [0.1, 0.15) is 58.3 Å². The van der Waals surface area contributed by atoms with Crippen molar-refractivity contribution in [3.05, 3.63) is 0 Å². The van der Waals surface area contributed by atoms with Crippen molar-refractivity contribution in [1.82, 2.24) is 4.90 Å². The molecule has 5 nitrogen and oxygen atoms in total. The lowest BCUT2D eigenvalue weighted by molar-refractivity contribution is -0.146. The van der Waals surface area contributed by atoms with E-state index in [2.05, 4.69) is 11.8 Å². The van der Waals surface area contributed by atoms with E-state index in [1.54, 1.807) is 0 Å². The summed E-state index contributed by atoms with van der Waals surface area (Å²) in [7, 11) is 1.89. The summed E-state index contributed by atoms with van der Waals surface area (Å²) in [5.74, 6) is 4.66. The Morgan fingerprint density at radius 2 is 1.84 bits per heavy atom. The number of rotatable bonds is 4. The molecule has 1 aliphatic heterocycles. The van der Waals surface area contributed by atoms with E-state index in [1.807, 2.05) is 7.11 Å². The van der Waals surface area contributed by atoms with Gasteiger partial charge in [0, 0.05) is 26.1 Å². The Morgan fingerprint density at radius 3 is 2.61 bits per heavy atom. The van der Waals surface area contributed by atoms with Crippen molar-refractivity contribution < 1.29 is 19.4 Å². The highest BCUT2D eigenvalue weighted by molar-refractivity contribution is 5.84.